The Kier molecular flexibility index (Phi) is 4.43. The number of aryl methyl sites for hydroxylation is 1. The number of imidazole rings is 1. The number of halogens is 1. The minimum atomic E-state index is -0.459. The molecule has 3 rings (SSSR count). The molecular weight excluding hydrogens is 332 g/mol. The number of anilines is 1. The molecule has 0 aliphatic rings. The van der Waals surface area contributed by atoms with Gasteiger partial charge >= 0.3 is 0 Å². The Morgan fingerprint density at radius 1 is 1.25 bits per heavy atom. The molecule has 1 heterocycles. The third-order valence-corrected chi connectivity index (χ3v) is 3.69. The number of aromatic nitrogens is 2. The Labute approximate surface area is 141 Å². The number of hydrogen-bond donors (Lipinski definition) is 2. The molecule has 0 atom stereocenters. The van der Waals surface area contributed by atoms with Crippen molar-refractivity contribution in [3.63, 3.8) is 0 Å². The fraction of sp³-hybridized carbons (Fsp3) is 0.125. The first-order valence-corrected chi connectivity index (χ1v) is 7.57. The van der Waals surface area contributed by atoms with Gasteiger partial charge in [0.05, 0.1) is 16.0 Å². The number of fused-ring (bicyclic) bond motifs is 1. The van der Waals surface area contributed by atoms with Crippen LogP contribution in [0.2, 0.25) is 5.02 Å². The largest absolute Gasteiger partial charge is 0.342 e. The molecule has 24 heavy (non-hydrogen) atoms. The highest BCUT2D eigenvalue weighted by Gasteiger charge is 2.11. The van der Waals surface area contributed by atoms with Gasteiger partial charge in [0, 0.05) is 35.7 Å². The first kappa shape index (κ1) is 15.9. The third kappa shape index (κ3) is 3.69. The van der Waals surface area contributed by atoms with Gasteiger partial charge in [0.25, 0.3) is 5.69 Å². The van der Waals surface area contributed by atoms with E-state index in [2.05, 4.69) is 15.3 Å². The number of H-pyrrole nitrogens is 1. The molecule has 2 aromatic carbocycles. The minimum Gasteiger partial charge on any atom is -0.342 e. The number of hydrogen-bond acceptors (Lipinski definition) is 4. The standard InChI is InChI=1S/C16H13ClN4O3/c17-10-1-3-11(4-2-10)18-16(22)8-7-15-19-13-6-5-12(21(23)24)9-14(13)20-15/h1-6,9H,7-8H2,(H,18,22)(H,19,20). The Morgan fingerprint density at radius 2 is 2.00 bits per heavy atom. The lowest BCUT2D eigenvalue weighted by Crippen LogP contribution is -2.12. The molecular formula is C16H13ClN4O3. The second-order valence-electron chi connectivity index (χ2n) is 5.20. The van der Waals surface area contributed by atoms with Crippen molar-refractivity contribution in [1.82, 2.24) is 9.97 Å². The molecule has 1 amide bonds. The Bertz CT molecular complexity index is 905. The number of amides is 1. The van der Waals surface area contributed by atoms with Gasteiger partial charge in [0.15, 0.2) is 0 Å². The van der Waals surface area contributed by atoms with Gasteiger partial charge in [-0.1, -0.05) is 11.6 Å². The summed E-state index contributed by atoms with van der Waals surface area (Å²) < 4.78 is 0. The van der Waals surface area contributed by atoms with Crippen LogP contribution in [-0.2, 0) is 11.2 Å². The van der Waals surface area contributed by atoms with Crippen LogP contribution < -0.4 is 5.32 Å². The van der Waals surface area contributed by atoms with E-state index in [1.807, 2.05) is 0 Å². The number of nitro benzene ring substituents is 1. The summed E-state index contributed by atoms with van der Waals surface area (Å²) in [4.78, 5) is 29.6. The Hall–Kier alpha value is -2.93. The fourth-order valence-electron chi connectivity index (χ4n) is 2.27. The van der Waals surface area contributed by atoms with Crippen molar-refractivity contribution in [2.75, 3.05) is 5.32 Å². The highest BCUT2D eigenvalue weighted by atomic mass is 35.5. The van der Waals surface area contributed by atoms with E-state index in [0.717, 1.165) is 0 Å². The maximum Gasteiger partial charge on any atom is 0.271 e. The monoisotopic (exact) mass is 344 g/mol. The molecule has 3 aromatic rings. The van der Waals surface area contributed by atoms with Gasteiger partial charge in [-0.25, -0.2) is 4.98 Å². The van der Waals surface area contributed by atoms with E-state index in [0.29, 0.717) is 34.0 Å². The van der Waals surface area contributed by atoms with Crippen molar-refractivity contribution in [3.05, 3.63) is 63.4 Å². The number of non-ortho nitro benzene ring substituents is 1. The number of nitrogens with zero attached hydrogens (tertiary/aromatic N) is 2. The van der Waals surface area contributed by atoms with Crippen molar-refractivity contribution in [2.24, 2.45) is 0 Å². The van der Waals surface area contributed by atoms with Crippen molar-refractivity contribution in [1.29, 1.82) is 0 Å². The van der Waals surface area contributed by atoms with Crippen LogP contribution in [0.1, 0.15) is 12.2 Å². The predicted molar refractivity (Wildman–Crippen MR) is 91.2 cm³/mol. The predicted octanol–water partition coefficient (Wildman–Crippen LogP) is 3.70. The average Bonchev–Trinajstić information content (AvgIpc) is 2.97. The highest BCUT2D eigenvalue weighted by Crippen LogP contribution is 2.19. The van der Waals surface area contributed by atoms with Gasteiger partial charge < -0.3 is 10.3 Å². The molecule has 0 saturated carbocycles. The van der Waals surface area contributed by atoms with Crippen LogP contribution in [0.5, 0.6) is 0 Å². The van der Waals surface area contributed by atoms with Crippen molar-refractivity contribution >= 4 is 39.9 Å². The number of nitrogens with one attached hydrogen (secondary N) is 2. The van der Waals surface area contributed by atoms with Crippen LogP contribution in [0.4, 0.5) is 11.4 Å². The maximum absolute atomic E-state index is 12.0. The second kappa shape index (κ2) is 6.67. The van der Waals surface area contributed by atoms with Gasteiger partial charge in [-0.3, -0.25) is 14.9 Å². The van der Waals surface area contributed by atoms with E-state index in [9.17, 15) is 14.9 Å². The topological polar surface area (TPSA) is 101 Å². The molecule has 0 saturated heterocycles. The lowest BCUT2D eigenvalue weighted by Gasteiger charge is -2.04. The minimum absolute atomic E-state index is 0.00168. The fourth-order valence-corrected chi connectivity index (χ4v) is 2.40. The van der Waals surface area contributed by atoms with E-state index in [4.69, 9.17) is 11.6 Å². The van der Waals surface area contributed by atoms with E-state index >= 15 is 0 Å². The molecule has 0 aliphatic heterocycles. The van der Waals surface area contributed by atoms with Gasteiger partial charge in [-0.05, 0) is 30.3 Å². The first-order chi connectivity index (χ1) is 11.5. The summed E-state index contributed by atoms with van der Waals surface area (Å²) in [5.41, 5.74) is 1.88. The zero-order chi connectivity index (χ0) is 17.1. The smallest absolute Gasteiger partial charge is 0.271 e. The van der Waals surface area contributed by atoms with Gasteiger partial charge in [-0.2, -0.15) is 0 Å². The molecule has 0 bridgehead atoms. The van der Waals surface area contributed by atoms with Gasteiger partial charge in [0.1, 0.15) is 5.82 Å². The van der Waals surface area contributed by atoms with Crippen molar-refractivity contribution < 1.29 is 9.72 Å². The summed E-state index contributed by atoms with van der Waals surface area (Å²) in [6, 6.07) is 11.3. The molecule has 0 fully saturated rings. The van der Waals surface area contributed by atoms with E-state index < -0.39 is 4.92 Å². The van der Waals surface area contributed by atoms with Crippen LogP contribution >= 0.6 is 11.6 Å². The van der Waals surface area contributed by atoms with Gasteiger partial charge in [-0.15, -0.1) is 0 Å². The first-order valence-electron chi connectivity index (χ1n) is 7.20. The molecule has 1 aromatic heterocycles. The number of rotatable bonds is 5. The van der Waals surface area contributed by atoms with Gasteiger partial charge in [0.2, 0.25) is 5.91 Å². The zero-order valence-corrected chi connectivity index (χ0v) is 13.2. The van der Waals surface area contributed by atoms with Crippen molar-refractivity contribution in [3.8, 4) is 0 Å². The number of nitro groups is 1. The zero-order valence-electron chi connectivity index (χ0n) is 12.5. The molecule has 2 N–H and O–H groups in total. The van der Waals surface area contributed by atoms with Crippen LogP contribution in [-0.4, -0.2) is 20.8 Å². The highest BCUT2D eigenvalue weighted by molar-refractivity contribution is 6.30. The second-order valence-corrected chi connectivity index (χ2v) is 5.63. The number of carbonyl (C=O) groups is 1. The maximum atomic E-state index is 12.0. The van der Waals surface area contributed by atoms with Crippen LogP contribution in [0, 0.1) is 10.1 Å². The van der Waals surface area contributed by atoms with Crippen LogP contribution in [0.15, 0.2) is 42.5 Å². The van der Waals surface area contributed by atoms with Crippen LogP contribution in [0.25, 0.3) is 11.0 Å². The molecule has 8 heteroatoms. The normalized spacial score (nSPS) is 10.7. The number of aromatic amines is 1. The molecule has 0 spiro atoms. The summed E-state index contributed by atoms with van der Waals surface area (Å²) in [7, 11) is 0. The number of carbonyl (C=O) groups excluding carboxylic acids is 1. The summed E-state index contributed by atoms with van der Waals surface area (Å²) in [6.45, 7) is 0. The molecule has 122 valence electrons. The molecule has 7 nitrogen and oxygen atoms in total. The molecule has 0 radical (unpaired) electrons. The average molecular weight is 345 g/mol. The Balaban J connectivity index is 1.63. The molecule has 0 aliphatic carbocycles. The van der Waals surface area contributed by atoms with E-state index in [1.165, 1.54) is 12.1 Å². The lowest BCUT2D eigenvalue weighted by molar-refractivity contribution is -0.384. The molecule has 0 unspecified atom stereocenters. The summed E-state index contributed by atoms with van der Waals surface area (Å²) in [5.74, 6) is 0.459. The quantitative estimate of drug-likeness (QED) is 0.544. The third-order valence-electron chi connectivity index (χ3n) is 3.44. The number of benzene rings is 2. The lowest BCUT2D eigenvalue weighted by atomic mass is 10.2. The van der Waals surface area contributed by atoms with E-state index in [1.54, 1.807) is 30.3 Å². The summed E-state index contributed by atoms with van der Waals surface area (Å²) >= 11 is 5.79. The summed E-state index contributed by atoms with van der Waals surface area (Å²) in [5, 5.41) is 14.1. The van der Waals surface area contributed by atoms with Crippen LogP contribution in [0.3, 0.4) is 0 Å². The van der Waals surface area contributed by atoms with E-state index in [-0.39, 0.29) is 18.0 Å². The Morgan fingerprint density at radius 3 is 2.71 bits per heavy atom. The summed E-state index contributed by atoms with van der Waals surface area (Å²) in [6.07, 6.45) is 0.645. The van der Waals surface area contributed by atoms with Crippen molar-refractivity contribution in [2.45, 2.75) is 12.8 Å². The SMILES string of the molecule is O=C(CCc1nc2ccc([N+](=O)[O-])cc2[nH]1)Nc1ccc(Cl)cc1.